The van der Waals surface area contributed by atoms with Gasteiger partial charge in [0.1, 0.15) is 18.2 Å². The molecule has 0 bridgehead atoms. The number of ether oxygens (including phenoxy) is 1. The van der Waals surface area contributed by atoms with Gasteiger partial charge in [-0.2, -0.15) is 0 Å². The first kappa shape index (κ1) is 18.2. The summed E-state index contributed by atoms with van der Waals surface area (Å²) >= 11 is 0. The summed E-state index contributed by atoms with van der Waals surface area (Å²) in [5.41, 5.74) is 4.10. The maximum Gasteiger partial charge on any atom is 0.175 e. The van der Waals surface area contributed by atoms with Crippen molar-refractivity contribution in [2.24, 2.45) is 0 Å². The zero-order chi connectivity index (χ0) is 20.5. The first-order valence-electron chi connectivity index (χ1n) is 9.82. The van der Waals surface area contributed by atoms with Crippen molar-refractivity contribution in [2.75, 3.05) is 0 Å². The van der Waals surface area contributed by atoms with Gasteiger partial charge < -0.3 is 4.74 Å². The van der Waals surface area contributed by atoms with Crippen molar-refractivity contribution in [3.8, 4) is 16.9 Å². The molecule has 0 unspecified atom stereocenters. The number of fused-ring (bicyclic) bond motifs is 2. The lowest BCUT2D eigenvalue weighted by Gasteiger charge is -2.09. The maximum absolute atomic E-state index is 14.2. The molecule has 6 heteroatoms. The number of halogens is 1. The SMILES string of the molecule is CCc1ccc2c(OCc3nnc4ccc(-c5ccccc5F)cn34)ccnc2c1. The van der Waals surface area contributed by atoms with Gasteiger partial charge >= 0.3 is 0 Å². The summed E-state index contributed by atoms with van der Waals surface area (Å²) in [7, 11) is 0. The van der Waals surface area contributed by atoms with Crippen molar-refractivity contribution in [3.63, 3.8) is 0 Å². The standard InChI is InChI=1S/C24H19FN4O/c1-2-16-7-9-19-21(13-16)26-12-11-22(19)30-15-24-28-27-23-10-8-17(14-29(23)24)18-5-3-4-6-20(18)25/h3-14H,2,15H2,1H3. The van der Waals surface area contributed by atoms with Gasteiger partial charge in [0.05, 0.1) is 5.52 Å². The molecule has 0 aliphatic rings. The molecular formula is C24H19FN4O. The number of nitrogens with zero attached hydrogens (tertiary/aromatic N) is 4. The molecule has 30 heavy (non-hydrogen) atoms. The second-order valence-electron chi connectivity index (χ2n) is 7.04. The number of pyridine rings is 2. The molecular weight excluding hydrogens is 379 g/mol. The van der Waals surface area contributed by atoms with E-state index in [0.717, 1.165) is 28.6 Å². The molecule has 5 aromatic rings. The highest BCUT2D eigenvalue weighted by Gasteiger charge is 2.11. The van der Waals surface area contributed by atoms with Crippen LogP contribution in [0.25, 0.3) is 27.7 Å². The van der Waals surface area contributed by atoms with Crippen molar-refractivity contribution in [1.82, 2.24) is 19.6 Å². The Kier molecular flexibility index (Phi) is 4.59. The van der Waals surface area contributed by atoms with Crippen LogP contribution in [-0.2, 0) is 13.0 Å². The minimum atomic E-state index is -0.266. The Bertz CT molecular complexity index is 1360. The van der Waals surface area contributed by atoms with Crippen LogP contribution in [0.5, 0.6) is 5.75 Å². The monoisotopic (exact) mass is 398 g/mol. The summed E-state index contributed by atoms with van der Waals surface area (Å²) < 4.78 is 22.1. The highest BCUT2D eigenvalue weighted by Crippen LogP contribution is 2.26. The Morgan fingerprint density at radius 3 is 2.77 bits per heavy atom. The van der Waals surface area contributed by atoms with E-state index in [2.05, 4.69) is 34.2 Å². The first-order valence-corrected chi connectivity index (χ1v) is 9.82. The van der Waals surface area contributed by atoms with E-state index in [9.17, 15) is 4.39 Å². The molecule has 3 heterocycles. The quantitative estimate of drug-likeness (QED) is 0.407. The molecule has 0 saturated heterocycles. The summed E-state index contributed by atoms with van der Waals surface area (Å²) in [6.45, 7) is 2.35. The molecule has 148 valence electrons. The molecule has 0 N–H and O–H groups in total. The summed E-state index contributed by atoms with van der Waals surface area (Å²) in [5, 5.41) is 9.41. The van der Waals surface area contributed by atoms with Crippen LogP contribution in [0.15, 0.2) is 73.1 Å². The van der Waals surface area contributed by atoms with E-state index in [1.54, 1.807) is 18.3 Å². The highest BCUT2D eigenvalue weighted by atomic mass is 19.1. The molecule has 2 aromatic carbocycles. The highest BCUT2D eigenvalue weighted by molar-refractivity contribution is 5.85. The van der Waals surface area contributed by atoms with Crippen molar-refractivity contribution in [1.29, 1.82) is 0 Å². The molecule has 0 atom stereocenters. The van der Waals surface area contributed by atoms with Gasteiger partial charge in [0.25, 0.3) is 0 Å². The van der Waals surface area contributed by atoms with Crippen LogP contribution >= 0.6 is 0 Å². The van der Waals surface area contributed by atoms with Crippen LogP contribution in [0.4, 0.5) is 4.39 Å². The number of aromatic nitrogens is 4. The molecule has 0 amide bonds. The third-order valence-electron chi connectivity index (χ3n) is 5.19. The molecule has 5 rings (SSSR count). The molecule has 5 nitrogen and oxygen atoms in total. The predicted molar refractivity (Wildman–Crippen MR) is 114 cm³/mol. The molecule has 0 aliphatic heterocycles. The van der Waals surface area contributed by atoms with Gasteiger partial charge in [-0.25, -0.2) is 4.39 Å². The van der Waals surface area contributed by atoms with Crippen molar-refractivity contribution in [3.05, 3.63) is 90.3 Å². The smallest absolute Gasteiger partial charge is 0.175 e. The minimum Gasteiger partial charge on any atom is -0.485 e. The molecule has 0 aliphatic carbocycles. The number of rotatable bonds is 5. The first-order chi connectivity index (χ1) is 14.7. The van der Waals surface area contributed by atoms with Crippen LogP contribution in [-0.4, -0.2) is 19.6 Å². The molecule has 0 radical (unpaired) electrons. The Hall–Kier alpha value is -3.80. The summed E-state index contributed by atoms with van der Waals surface area (Å²) in [6.07, 6.45) is 4.54. The third-order valence-corrected chi connectivity index (χ3v) is 5.19. The normalized spacial score (nSPS) is 11.3. The van der Waals surface area contributed by atoms with E-state index in [1.807, 2.05) is 40.9 Å². The zero-order valence-corrected chi connectivity index (χ0v) is 16.4. The second kappa shape index (κ2) is 7.55. The fraction of sp³-hybridized carbons (Fsp3) is 0.125. The Morgan fingerprint density at radius 1 is 1.00 bits per heavy atom. The van der Waals surface area contributed by atoms with Crippen molar-refractivity contribution in [2.45, 2.75) is 20.0 Å². The Labute approximate surface area is 172 Å². The van der Waals surface area contributed by atoms with E-state index in [1.165, 1.54) is 11.6 Å². The van der Waals surface area contributed by atoms with Gasteiger partial charge in [0, 0.05) is 28.9 Å². The molecule has 0 fully saturated rings. The Balaban J connectivity index is 1.47. The summed E-state index contributed by atoms with van der Waals surface area (Å²) in [4.78, 5) is 4.45. The lowest BCUT2D eigenvalue weighted by Crippen LogP contribution is -2.02. The fourth-order valence-electron chi connectivity index (χ4n) is 3.55. The van der Waals surface area contributed by atoms with Crippen LogP contribution in [0.1, 0.15) is 18.3 Å². The molecule has 3 aromatic heterocycles. The molecule has 0 spiro atoms. The lowest BCUT2D eigenvalue weighted by molar-refractivity contribution is 0.298. The average Bonchev–Trinajstić information content (AvgIpc) is 3.19. The van der Waals surface area contributed by atoms with Crippen molar-refractivity contribution >= 4 is 16.6 Å². The number of aryl methyl sites for hydroxylation is 1. The number of hydrogen-bond acceptors (Lipinski definition) is 4. The maximum atomic E-state index is 14.2. The second-order valence-corrected chi connectivity index (χ2v) is 7.04. The van der Waals surface area contributed by atoms with Gasteiger partial charge in [-0.15, -0.1) is 10.2 Å². The fourth-order valence-corrected chi connectivity index (χ4v) is 3.55. The number of hydrogen-bond donors (Lipinski definition) is 0. The summed E-state index contributed by atoms with van der Waals surface area (Å²) in [5.74, 6) is 1.11. The Morgan fingerprint density at radius 2 is 1.90 bits per heavy atom. The van der Waals surface area contributed by atoms with Crippen LogP contribution in [0, 0.1) is 5.82 Å². The van der Waals surface area contributed by atoms with E-state index in [4.69, 9.17) is 4.74 Å². The van der Waals surface area contributed by atoms with Gasteiger partial charge in [-0.1, -0.05) is 31.2 Å². The van der Waals surface area contributed by atoms with Crippen LogP contribution < -0.4 is 4.74 Å². The largest absolute Gasteiger partial charge is 0.485 e. The van der Waals surface area contributed by atoms with E-state index in [-0.39, 0.29) is 12.4 Å². The van der Waals surface area contributed by atoms with Gasteiger partial charge in [-0.3, -0.25) is 9.38 Å². The van der Waals surface area contributed by atoms with E-state index in [0.29, 0.717) is 17.0 Å². The van der Waals surface area contributed by atoms with Gasteiger partial charge in [0.2, 0.25) is 0 Å². The molecule has 0 saturated carbocycles. The van der Waals surface area contributed by atoms with E-state index < -0.39 is 0 Å². The number of benzene rings is 2. The van der Waals surface area contributed by atoms with Crippen LogP contribution in [0.3, 0.4) is 0 Å². The topological polar surface area (TPSA) is 52.3 Å². The van der Waals surface area contributed by atoms with Crippen molar-refractivity contribution < 1.29 is 9.13 Å². The zero-order valence-electron chi connectivity index (χ0n) is 16.4. The minimum absolute atomic E-state index is 0.233. The summed E-state index contributed by atoms with van der Waals surface area (Å²) in [6, 6.07) is 18.4. The lowest BCUT2D eigenvalue weighted by atomic mass is 10.1. The van der Waals surface area contributed by atoms with Gasteiger partial charge in [0.15, 0.2) is 11.5 Å². The third kappa shape index (κ3) is 3.26. The average molecular weight is 398 g/mol. The van der Waals surface area contributed by atoms with E-state index >= 15 is 0 Å². The van der Waals surface area contributed by atoms with Crippen LogP contribution in [0.2, 0.25) is 0 Å². The predicted octanol–water partition coefficient (Wildman–Crippen LogP) is 5.23. The van der Waals surface area contributed by atoms with Gasteiger partial charge in [-0.05, 0) is 48.4 Å².